The van der Waals surface area contributed by atoms with E-state index in [1.807, 2.05) is 5.92 Å². The maximum atomic E-state index is 10.7. The van der Waals surface area contributed by atoms with Crippen LogP contribution in [0.3, 0.4) is 0 Å². The maximum absolute atomic E-state index is 10.7. The van der Waals surface area contributed by atoms with Gasteiger partial charge < -0.3 is 5.32 Å². The molecular formula is C8H5ClN2O. The molecular weight excluding hydrogens is 176 g/mol. The lowest BCUT2D eigenvalue weighted by Crippen LogP contribution is -2.08. The molecule has 1 aromatic heterocycles. The Balaban J connectivity index is 2.84. The van der Waals surface area contributed by atoms with Crippen LogP contribution in [0.25, 0.3) is 0 Å². The number of hydrogen-bond donors (Lipinski definition) is 1. The number of nitrogens with zero attached hydrogens (tertiary/aromatic N) is 1. The van der Waals surface area contributed by atoms with Gasteiger partial charge in [-0.2, -0.15) is 0 Å². The second kappa shape index (κ2) is 3.74. The van der Waals surface area contributed by atoms with Gasteiger partial charge in [0.05, 0.1) is 16.9 Å². The molecule has 0 radical (unpaired) electrons. The molecule has 3 nitrogen and oxygen atoms in total. The molecule has 1 amide bonds. The van der Waals surface area contributed by atoms with Crippen LogP contribution in [0.2, 0.25) is 5.02 Å². The van der Waals surface area contributed by atoms with E-state index in [4.69, 9.17) is 18.0 Å². The van der Waals surface area contributed by atoms with Crippen LogP contribution >= 0.6 is 11.6 Å². The monoisotopic (exact) mass is 180 g/mol. The van der Waals surface area contributed by atoms with Crippen molar-refractivity contribution in [2.45, 2.75) is 0 Å². The van der Waals surface area contributed by atoms with Crippen LogP contribution in [0.15, 0.2) is 18.5 Å². The Bertz CT molecular complexity index is 343. The molecule has 0 atom stereocenters. The van der Waals surface area contributed by atoms with E-state index in [1.54, 1.807) is 6.07 Å². The summed E-state index contributed by atoms with van der Waals surface area (Å²) in [5.41, 5.74) is 0.419. The first-order chi connectivity index (χ1) is 5.74. The number of hydrogen-bond acceptors (Lipinski definition) is 2. The summed E-state index contributed by atoms with van der Waals surface area (Å²) in [4.78, 5) is 14.5. The van der Waals surface area contributed by atoms with E-state index in [2.05, 4.69) is 10.3 Å². The molecule has 0 saturated heterocycles. The normalized spacial score (nSPS) is 8.67. The first-order valence-corrected chi connectivity index (χ1v) is 3.49. The summed E-state index contributed by atoms with van der Waals surface area (Å²) in [5.74, 6) is 1.37. The number of amides is 1. The highest BCUT2D eigenvalue weighted by molar-refractivity contribution is 6.33. The van der Waals surface area contributed by atoms with Gasteiger partial charge in [-0.3, -0.25) is 9.78 Å². The van der Waals surface area contributed by atoms with Crippen LogP contribution in [-0.4, -0.2) is 10.9 Å². The molecule has 0 bridgehead atoms. The fraction of sp³-hybridized carbons (Fsp3) is 0. The second-order valence-electron chi connectivity index (χ2n) is 1.95. The average Bonchev–Trinajstić information content (AvgIpc) is 2.09. The van der Waals surface area contributed by atoms with Crippen LogP contribution in [0.4, 0.5) is 5.69 Å². The zero-order valence-corrected chi connectivity index (χ0v) is 6.80. The van der Waals surface area contributed by atoms with Gasteiger partial charge in [0.15, 0.2) is 0 Å². The molecule has 0 saturated carbocycles. The number of aromatic nitrogens is 1. The molecule has 0 fully saturated rings. The number of pyridine rings is 1. The van der Waals surface area contributed by atoms with E-state index >= 15 is 0 Å². The summed E-state index contributed by atoms with van der Waals surface area (Å²) in [5, 5.41) is 2.80. The van der Waals surface area contributed by atoms with E-state index in [-0.39, 0.29) is 0 Å². The molecule has 4 heteroatoms. The minimum atomic E-state index is -0.537. The fourth-order valence-corrected chi connectivity index (χ4v) is 0.780. The van der Waals surface area contributed by atoms with Crippen molar-refractivity contribution in [3.63, 3.8) is 0 Å². The molecule has 1 aromatic rings. The van der Waals surface area contributed by atoms with Crippen molar-refractivity contribution in [2.75, 3.05) is 5.32 Å². The quantitative estimate of drug-likeness (QED) is 0.662. The third kappa shape index (κ3) is 1.97. The van der Waals surface area contributed by atoms with Crippen molar-refractivity contribution < 1.29 is 4.79 Å². The highest BCUT2D eigenvalue weighted by atomic mass is 35.5. The number of terminal acetylenes is 1. The van der Waals surface area contributed by atoms with Crippen molar-refractivity contribution in [3.05, 3.63) is 23.5 Å². The predicted octanol–water partition coefficient (Wildman–Crippen LogP) is 1.31. The predicted molar refractivity (Wildman–Crippen MR) is 46.7 cm³/mol. The Hall–Kier alpha value is -1.53. The second-order valence-corrected chi connectivity index (χ2v) is 2.36. The molecule has 12 heavy (non-hydrogen) atoms. The minimum Gasteiger partial charge on any atom is -0.312 e. The van der Waals surface area contributed by atoms with E-state index in [9.17, 15) is 4.79 Å². The standard InChI is InChI=1S/C8H5ClN2O/c1-2-8(12)11-7-5-10-4-3-6(7)9/h1,3-5H,(H,11,12). The lowest BCUT2D eigenvalue weighted by Gasteiger charge is -2.00. The Morgan fingerprint density at radius 2 is 2.50 bits per heavy atom. The average molecular weight is 181 g/mol. The molecule has 0 aliphatic heterocycles. The minimum absolute atomic E-state index is 0.411. The zero-order chi connectivity index (χ0) is 8.97. The molecule has 1 heterocycles. The van der Waals surface area contributed by atoms with Crippen LogP contribution < -0.4 is 5.32 Å². The number of rotatable bonds is 1. The number of halogens is 1. The maximum Gasteiger partial charge on any atom is 0.300 e. The number of nitrogens with one attached hydrogen (secondary N) is 1. The summed E-state index contributed by atoms with van der Waals surface area (Å²) in [6, 6.07) is 1.56. The van der Waals surface area contributed by atoms with Crippen LogP contribution in [0.5, 0.6) is 0 Å². The molecule has 0 unspecified atom stereocenters. The van der Waals surface area contributed by atoms with Gasteiger partial charge in [0.1, 0.15) is 0 Å². The van der Waals surface area contributed by atoms with Crippen molar-refractivity contribution >= 4 is 23.2 Å². The van der Waals surface area contributed by atoms with Crippen LogP contribution in [0.1, 0.15) is 0 Å². The van der Waals surface area contributed by atoms with Gasteiger partial charge in [-0.05, 0) is 12.0 Å². The van der Waals surface area contributed by atoms with Gasteiger partial charge in [-0.15, -0.1) is 6.42 Å². The van der Waals surface area contributed by atoms with Crippen molar-refractivity contribution in [3.8, 4) is 12.3 Å². The van der Waals surface area contributed by atoms with E-state index in [0.717, 1.165) is 0 Å². The summed E-state index contributed by atoms with van der Waals surface area (Å²) in [6.45, 7) is 0. The Morgan fingerprint density at radius 1 is 1.75 bits per heavy atom. The molecule has 60 valence electrons. The summed E-state index contributed by atoms with van der Waals surface area (Å²) in [7, 11) is 0. The van der Waals surface area contributed by atoms with E-state index in [1.165, 1.54) is 12.4 Å². The van der Waals surface area contributed by atoms with Crippen LogP contribution in [0, 0.1) is 12.3 Å². The van der Waals surface area contributed by atoms with Gasteiger partial charge in [0.25, 0.3) is 5.91 Å². The summed E-state index contributed by atoms with van der Waals surface area (Å²) < 4.78 is 0. The molecule has 1 rings (SSSR count). The Kier molecular flexibility index (Phi) is 2.67. The molecule has 0 aliphatic rings. The highest BCUT2D eigenvalue weighted by Crippen LogP contribution is 2.18. The van der Waals surface area contributed by atoms with Crippen LogP contribution in [-0.2, 0) is 4.79 Å². The topological polar surface area (TPSA) is 42.0 Å². The third-order valence-electron chi connectivity index (χ3n) is 1.15. The van der Waals surface area contributed by atoms with Gasteiger partial charge in [0, 0.05) is 6.20 Å². The summed E-state index contributed by atoms with van der Waals surface area (Å²) in [6.07, 6.45) is 7.79. The van der Waals surface area contributed by atoms with Crippen molar-refractivity contribution in [2.24, 2.45) is 0 Å². The van der Waals surface area contributed by atoms with E-state index in [0.29, 0.717) is 10.7 Å². The van der Waals surface area contributed by atoms with Gasteiger partial charge >= 0.3 is 0 Å². The first-order valence-electron chi connectivity index (χ1n) is 3.11. The molecule has 0 aliphatic carbocycles. The fourth-order valence-electron chi connectivity index (χ4n) is 0.628. The molecule has 0 spiro atoms. The highest BCUT2D eigenvalue weighted by Gasteiger charge is 2.01. The first kappa shape index (κ1) is 8.57. The van der Waals surface area contributed by atoms with Gasteiger partial charge in [-0.1, -0.05) is 11.6 Å². The van der Waals surface area contributed by atoms with Gasteiger partial charge in [-0.25, -0.2) is 0 Å². The zero-order valence-electron chi connectivity index (χ0n) is 6.04. The third-order valence-corrected chi connectivity index (χ3v) is 1.48. The van der Waals surface area contributed by atoms with Gasteiger partial charge in [0.2, 0.25) is 0 Å². The Morgan fingerprint density at radius 3 is 3.08 bits per heavy atom. The molecule has 1 N–H and O–H groups in total. The van der Waals surface area contributed by atoms with Crippen molar-refractivity contribution in [1.29, 1.82) is 0 Å². The number of carbonyl (C=O) groups is 1. The lowest BCUT2D eigenvalue weighted by molar-refractivity contribution is -0.111. The molecule has 0 aromatic carbocycles. The largest absolute Gasteiger partial charge is 0.312 e. The Labute approximate surface area is 74.8 Å². The number of anilines is 1. The van der Waals surface area contributed by atoms with Crippen molar-refractivity contribution in [1.82, 2.24) is 4.98 Å². The number of carbonyl (C=O) groups excluding carboxylic acids is 1. The van der Waals surface area contributed by atoms with E-state index < -0.39 is 5.91 Å². The SMILES string of the molecule is C#CC(=O)Nc1cnccc1Cl. The smallest absolute Gasteiger partial charge is 0.300 e. The summed E-state index contributed by atoms with van der Waals surface area (Å²) >= 11 is 5.70. The lowest BCUT2D eigenvalue weighted by atomic mass is 10.4.